The predicted octanol–water partition coefficient (Wildman–Crippen LogP) is 2.78. The summed E-state index contributed by atoms with van der Waals surface area (Å²) in [4.78, 5) is 0. The normalized spacial score (nSPS) is 10.5. The molecule has 2 nitrogen and oxygen atoms in total. The van der Waals surface area contributed by atoms with Gasteiger partial charge >= 0.3 is 0 Å². The summed E-state index contributed by atoms with van der Waals surface area (Å²) in [5, 5.41) is 8.85. The van der Waals surface area contributed by atoms with Crippen molar-refractivity contribution in [2.45, 2.75) is 13.3 Å². The number of aliphatic hydroxyl groups excluding tert-OH is 1. The molecule has 0 radical (unpaired) electrons. The third-order valence-electron chi connectivity index (χ3n) is 2.03. The molecule has 0 heterocycles. The van der Waals surface area contributed by atoms with Crippen LogP contribution in [0.2, 0.25) is 0 Å². The van der Waals surface area contributed by atoms with Crippen LogP contribution in [0.25, 0.3) is 6.08 Å². The number of allylic oxidation sites excluding steroid dienone is 1. The molecule has 0 atom stereocenters. The maximum Gasteiger partial charge on any atom is 0.133 e. The van der Waals surface area contributed by atoms with E-state index in [9.17, 15) is 0 Å². The zero-order chi connectivity index (χ0) is 11.1. The summed E-state index contributed by atoms with van der Waals surface area (Å²) in [5.74, 6) is 0.782. The van der Waals surface area contributed by atoms with Gasteiger partial charge in [-0.3, -0.25) is 0 Å². The van der Waals surface area contributed by atoms with Crippen LogP contribution in [0, 0.1) is 0 Å². The molecule has 0 unspecified atom stereocenters. The first kappa shape index (κ1) is 11.5. The number of hydrogen-bond acceptors (Lipinski definition) is 2. The molecule has 0 aliphatic carbocycles. The topological polar surface area (TPSA) is 29.5 Å². The Morgan fingerprint density at radius 3 is 2.87 bits per heavy atom. The molecule has 0 aliphatic rings. The lowest BCUT2D eigenvalue weighted by molar-refractivity contribution is 0.299. The Balaban J connectivity index is 3.02. The Bertz CT molecular complexity index is 354. The Labute approximate surface area is 90.5 Å². The largest absolute Gasteiger partial charge is 0.465 e. The first-order valence-corrected chi connectivity index (χ1v) is 4.96. The first-order chi connectivity index (χ1) is 7.31. The zero-order valence-corrected chi connectivity index (χ0v) is 8.94. The second-order valence-corrected chi connectivity index (χ2v) is 3.13. The van der Waals surface area contributed by atoms with E-state index in [0.29, 0.717) is 6.42 Å². The van der Waals surface area contributed by atoms with Gasteiger partial charge in [-0.15, -0.1) is 0 Å². The summed E-state index contributed by atoms with van der Waals surface area (Å²) in [6.45, 7) is 5.65. The second-order valence-electron chi connectivity index (χ2n) is 3.13. The monoisotopic (exact) mass is 204 g/mol. The minimum Gasteiger partial charge on any atom is -0.465 e. The molecule has 1 aromatic carbocycles. The third kappa shape index (κ3) is 3.26. The Morgan fingerprint density at radius 1 is 1.47 bits per heavy atom. The summed E-state index contributed by atoms with van der Waals surface area (Å²) in [6.07, 6.45) is 6.00. The van der Waals surface area contributed by atoms with Gasteiger partial charge in [-0.25, -0.2) is 0 Å². The van der Waals surface area contributed by atoms with E-state index < -0.39 is 0 Å². The van der Waals surface area contributed by atoms with Crippen molar-refractivity contribution >= 4 is 6.08 Å². The molecule has 0 aromatic heterocycles. The third-order valence-corrected chi connectivity index (χ3v) is 2.03. The van der Waals surface area contributed by atoms with Gasteiger partial charge in [0.15, 0.2) is 0 Å². The van der Waals surface area contributed by atoms with Gasteiger partial charge in [-0.05, 0) is 31.0 Å². The quantitative estimate of drug-likeness (QED) is 0.747. The SMILES string of the molecule is C=COc1ccc(CCO)cc1/C=C\C. The Morgan fingerprint density at radius 2 is 2.27 bits per heavy atom. The highest BCUT2D eigenvalue weighted by Gasteiger charge is 2.01. The predicted molar refractivity (Wildman–Crippen MR) is 62.8 cm³/mol. The molecule has 0 amide bonds. The van der Waals surface area contributed by atoms with E-state index >= 15 is 0 Å². The van der Waals surface area contributed by atoms with Crippen molar-refractivity contribution in [3.8, 4) is 5.75 Å². The number of hydrogen-bond donors (Lipinski definition) is 1. The van der Waals surface area contributed by atoms with Gasteiger partial charge in [0.25, 0.3) is 0 Å². The van der Waals surface area contributed by atoms with Crippen LogP contribution in [-0.2, 0) is 6.42 Å². The van der Waals surface area contributed by atoms with E-state index in [2.05, 4.69) is 6.58 Å². The summed E-state index contributed by atoms with van der Waals surface area (Å²) in [6, 6.07) is 5.85. The number of ether oxygens (including phenoxy) is 1. The average Bonchev–Trinajstić information content (AvgIpc) is 2.23. The number of benzene rings is 1. The van der Waals surface area contributed by atoms with Gasteiger partial charge in [0.05, 0.1) is 6.26 Å². The van der Waals surface area contributed by atoms with Gasteiger partial charge in [-0.2, -0.15) is 0 Å². The second kappa shape index (κ2) is 6.04. The van der Waals surface area contributed by atoms with Crippen molar-refractivity contribution in [3.05, 3.63) is 48.2 Å². The molecule has 1 aromatic rings. The molecule has 1 rings (SSSR count). The smallest absolute Gasteiger partial charge is 0.133 e. The Hall–Kier alpha value is -1.54. The zero-order valence-electron chi connectivity index (χ0n) is 8.94. The maximum atomic E-state index is 8.85. The molecule has 80 valence electrons. The number of aliphatic hydroxyl groups is 1. The summed E-state index contributed by atoms with van der Waals surface area (Å²) in [7, 11) is 0. The minimum atomic E-state index is 0.164. The van der Waals surface area contributed by atoms with Gasteiger partial charge in [0, 0.05) is 12.2 Å². The van der Waals surface area contributed by atoms with Crippen LogP contribution in [-0.4, -0.2) is 11.7 Å². The van der Waals surface area contributed by atoms with Gasteiger partial charge < -0.3 is 9.84 Å². The Kier molecular flexibility index (Phi) is 4.64. The molecule has 1 N–H and O–H groups in total. The first-order valence-electron chi connectivity index (χ1n) is 4.96. The molecule has 0 spiro atoms. The maximum absolute atomic E-state index is 8.85. The fraction of sp³-hybridized carbons (Fsp3) is 0.231. The van der Waals surface area contributed by atoms with Crippen molar-refractivity contribution in [2.24, 2.45) is 0 Å². The number of rotatable bonds is 5. The fourth-order valence-electron chi connectivity index (χ4n) is 1.39. The molecule has 0 fully saturated rings. The molecule has 0 saturated heterocycles. The molecule has 15 heavy (non-hydrogen) atoms. The van der Waals surface area contributed by atoms with Crippen molar-refractivity contribution in [3.63, 3.8) is 0 Å². The highest BCUT2D eigenvalue weighted by Crippen LogP contribution is 2.22. The lowest BCUT2D eigenvalue weighted by Crippen LogP contribution is -1.93. The lowest BCUT2D eigenvalue weighted by Gasteiger charge is -2.07. The van der Waals surface area contributed by atoms with Crippen molar-refractivity contribution in [1.82, 2.24) is 0 Å². The molecular weight excluding hydrogens is 188 g/mol. The van der Waals surface area contributed by atoms with Crippen molar-refractivity contribution in [1.29, 1.82) is 0 Å². The van der Waals surface area contributed by atoms with Crippen LogP contribution in [0.1, 0.15) is 18.1 Å². The van der Waals surface area contributed by atoms with Crippen LogP contribution in [0.3, 0.4) is 0 Å². The average molecular weight is 204 g/mol. The van der Waals surface area contributed by atoms with Crippen LogP contribution < -0.4 is 4.74 Å². The van der Waals surface area contributed by atoms with E-state index in [4.69, 9.17) is 9.84 Å². The fourth-order valence-corrected chi connectivity index (χ4v) is 1.39. The molecule has 0 bridgehead atoms. The highest BCUT2D eigenvalue weighted by atomic mass is 16.5. The molecule has 0 aliphatic heterocycles. The van der Waals surface area contributed by atoms with Crippen molar-refractivity contribution in [2.75, 3.05) is 6.61 Å². The molecular formula is C13H16O2. The van der Waals surface area contributed by atoms with E-state index in [0.717, 1.165) is 16.9 Å². The van der Waals surface area contributed by atoms with Crippen LogP contribution in [0.15, 0.2) is 37.1 Å². The van der Waals surface area contributed by atoms with E-state index in [1.165, 1.54) is 6.26 Å². The van der Waals surface area contributed by atoms with Crippen LogP contribution >= 0.6 is 0 Å². The van der Waals surface area contributed by atoms with Crippen LogP contribution in [0.4, 0.5) is 0 Å². The minimum absolute atomic E-state index is 0.164. The standard InChI is InChI=1S/C13H16O2/c1-3-5-12-10-11(8-9-14)6-7-13(12)15-4-2/h3-7,10,14H,2,8-9H2,1H3/b5-3-. The molecule has 0 saturated carbocycles. The van der Waals surface area contributed by atoms with Gasteiger partial charge in [0.1, 0.15) is 5.75 Å². The summed E-state index contributed by atoms with van der Waals surface area (Å²) >= 11 is 0. The highest BCUT2D eigenvalue weighted by molar-refractivity contribution is 5.58. The summed E-state index contributed by atoms with van der Waals surface area (Å²) in [5.41, 5.74) is 2.10. The molecule has 2 heteroatoms. The van der Waals surface area contributed by atoms with Crippen molar-refractivity contribution < 1.29 is 9.84 Å². The lowest BCUT2D eigenvalue weighted by atomic mass is 10.1. The summed E-state index contributed by atoms with van der Waals surface area (Å²) < 4.78 is 5.27. The van der Waals surface area contributed by atoms with Gasteiger partial charge in [0.2, 0.25) is 0 Å². The van der Waals surface area contributed by atoms with Crippen LogP contribution in [0.5, 0.6) is 5.75 Å². The van der Waals surface area contributed by atoms with E-state index in [1.54, 1.807) is 0 Å². The van der Waals surface area contributed by atoms with E-state index in [1.807, 2.05) is 37.3 Å². The van der Waals surface area contributed by atoms with Gasteiger partial charge in [-0.1, -0.05) is 24.8 Å². The van der Waals surface area contributed by atoms with E-state index in [-0.39, 0.29) is 6.61 Å².